The minimum atomic E-state index is -4.97. The number of alkyl halides is 6. The quantitative estimate of drug-likeness (QED) is 0.244. The van der Waals surface area contributed by atoms with E-state index < -0.39 is 36.0 Å². The summed E-state index contributed by atoms with van der Waals surface area (Å²) in [4.78, 5) is 50.7. The highest BCUT2D eigenvalue weighted by molar-refractivity contribution is 5.97. The molecule has 2 aromatic rings. The summed E-state index contributed by atoms with van der Waals surface area (Å²) in [6.07, 6.45) is -3.58. The average molecular weight is 651 g/mol. The summed E-state index contributed by atoms with van der Waals surface area (Å²) in [7, 11) is 0. The molecule has 2 N–H and O–H groups in total. The average Bonchev–Trinajstić information content (AvgIpc) is 3.68. The molecule has 0 spiro atoms. The maximum atomic E-state index is 12.8. The van der Waals surface area contributed by atoms with Crippen LogP contribution in [0.4, 0.5) is 37.7 Å². The maximum absolute atomic E-state index is 12.8. The summed E-state index contributed by atoms with van der Waals surface area (Å²) in [6, 6.07) is 12.9. The van der Waals surface area contributed by atoms with Crippen LogP contribution < -0.4 is 10.6 Å². The van der Waals surface area contributed by atoms with Gasteiger partial charge in [-0.25, -0.2) is 0 Å². The van der Waals surface area contributed by atoms with Crippen molar-refractivity contribution < 1.29 is 45.5 Å². The predicted octanol–water partition coefficient (Wildman–Crippen LogP) is 5.57. The highest BCUT2D eigenvalue weighted by atomic mass is 19.4. The van der Waals surface area contributed by atoms with E-state index in [0.29, 0.717) is 75.1 Å². The van der Waals surface area contributed by atoms with Gasteiger partial charge in [-0.05, 0) is 73.9 Å². The second-order valence-corrected chi connectivity index (χ2v) is 11.0. The van der Waals surface area contributed by atoms with E-state index in [0.717, 1.165) is 23.5 Å². The SMILES string of the molecule is O=C(Nc1ccc(CCc2ccc(NC(=O)C3CCCN3C=CC(=O)C(F)(F)F)cc2)cc1)C1CCCN1C=CC(=O)C(F)(F)F. The highest BCUT2D eigenvalue weighted by Gasteiger charge is 2.38. The van der Waals surface area contributed by atoms with Gasteiger partial charge in [0, 0.05) is 49.0 Å². The van der Waals surface area contributed by atoms with Crippen molar-refractivity contribution in [1.29, 1.82) is 0 Å². The van der Waals surface area contributed by atoms with Crippen LogP contribution in [0.5, 0.6) is 0 Å². The molecule has 2 saturated heterocycles. The molecule has 46 heavy (non-hydrogen) atoms. The molecule has 14 heteroatoms. The Hall–Kier alpha value is -4.62. The fraction of sp³-hybridized carbons (Fsp3) is 0.375. The summed E-state index contributed by atoms with van der Waals surface area (Å²) >= 11 is 0. The topological polar surface area (TPSA) is 98.8 Å². The van der Waals surface area contributed by atoms with Crippen molar-refractivity contribution in [2.45, 2.75) is 63.0 Å². The van der Waals surface area contributed by atoms with Crippen LogP contribution in [0.2, 0.25) is 0 Å². The Morgan fingerprint density at radius 2 is 0.978 bits per heavy atom. The number of halogens is 6. The number of likely N-dealkylation sites (tertiary alicyclic amines) is 2. The molecule has 0 aliphatic carbocycles. The van der Waals surface area contributed by atoms with Crippen molar-refractivity contribution in [2.75, 3.05) is 23.7 Å². The normalized spacial score (nSPS) is 18.8. The molecule has 2 heterocycles. The lowest BCUT2D eigenvalue weighted by Gasteiger charge is -2.22. The summed E-state index contributed by atoms with van der Waals surface area (Å²) in [5.74, 6) is -4.72. The smallest absolute Gasteiger partial charge is 0.365 e. The third-order valence-electron chi connectivity index (χ3n) is 7.73. The molecular formula is C32H32F6N4O4. The van der Waals surface area contributed by atoms with Gasteiger partial charge in [0.25, 0.3) is 11.6 Å². The Kier molecular flexibility index (Phi) is 10.9. The molecule has 0 saturated carbocycles. The standard InChI is InChI=1S/C32H32F6N4O4/c33-31(34,35)27(43)15-19-41-17-1-3-25(41)29(45)39-23-11-7-21(8-12-23)5-6-22-9-13-24(14-10-22)40-30(46)26-4-2-18-42(26)20-16-28(44)32(36,37)38/h7-16,19-20,25-26H,1-6,17-18H2,(H,39,45)(H,40,46). The second kappa shape index (κ2) is 14.6. The molecule has 2 aliphatic heterocycles. The van der Waals surface area contributed by atoms with Gasteiger partial charge in [-0.1, -0.05) is 24.3 Å². The Morgan fingerprint density at radius 1 is 0.630 bits per heavy atom. The van der Waals surface area contributed by atoms with E-state index in [2.05, 4.69) is 10.6 Å². The van der Waals surface area contributed by atoms with Crippen LogP contribution >= 0.6 is 0 Å². The Morgan fingerprint density at radius 3 is 1.30 bits per heavy atom. The number of nitrogens with one attached hydrogen (secondary N) is 2. The maximum Gasteiger partial charge on any atom is 0.454 e. The van der Waals surface area contributed by atoms with Crippen molar-refractivity contribution in [3.8, 4) is 0 Å². The molecule has 0 aromatic heterocycles. The Labute approximate surface area is 261 Å². The zero-order chi connectivity index (χ0) is 33.5. The zero-order valence-electron chi connectivity index (χ0n) is 24.5. The lowest BCUT2D eigenvalue weighted by molar-refractivity contribution is -0.165. The van der Waals surface area contributed by atoms with Gasteiger partial charge < -0.3 is 20.4 Å². The number of amides is 2. The number of anilines is 2. The van der Waals surface area contributed by atoms with Crippen molar-refractivity contribution in [3.05, 3.63) is 84.2 Å². The monoisotopic (exact) mass is 650 g/mol. The van der Waals surface area contributed by atoms with Gasteiger partial charge in [0.15, 0.2) is 0 Å². The van der Waals surface area contributed by atoms with Crippen LogP contribution in [-0.2, 0) is 32.0 Å². The predicted molar refractivity (Wildman–Crippen MR) is 157 cm³/mol. The van der Waals surface area contributed by atoms with Crippen molar-refractivity contribution >= 4 is 34.8 Å². The number of allylic oxidation sites excluding steroid dienone is 2. The van der Waals surface area contributed by atoms with E-state index in [1.165, 1.54) is 9.80 Å². The number of hydrogen-bond donors (Lipinski definition) is 2. The van der Waals surface area contributed by atoms with Gasteiger partial charge in [-0.15, -0.1) is 0 Å². The molecule has 0 bridgehead atoms. The third-order valence-corrected chi connectivity index (χ3v) is 7.73. The minimum absolute atomic E-state index is 0.361. The van der Waals surface area contributed by atoms with E-state index >= 15 is 0 Å². The molecule has 2 fully saturated rings. The number of rotatable bonds is 11. The van der Waals surface area contributed by atoms with Gasteiger partial charge in [0.05, 0.1) is 0 Å². The van der Waals surface area contributed by atoms with Gasteiger partial charge >= 0.3 is 12.4 Å². The Balaban J connectivity index is 1.24. The molecule has 2 aromatic carbocycles. The molecule has 2 amide bonds. The molecule has 2 atom stereocenters. The molecular weight excluding hydrogens is 618 g/mol. The van der Waals surface area contributed by atoms with E-state index in [4.69, 9.17) is 0 Å². The minimum Gasteiger partial charge on any atom is -0.365 e. The summed E-state index contributed by atoms with van der Waals surface area (Å²) in [5, 5.41) is 5.54. The number of benzene rings is 2. The highest BCUT2D eigenvalue weighted by Crippen LogP contribution is 2.24. The van der Waals surface area contributed by atoms with Crippen LogP contribution in [0, 0.1) is 0 Å². The molecule has 0 radical (unpaired) electrons. The first-order valence-electron chi connectivity index (χ1n) is 14.6. The number of nitrogens with zero attached hydrogens (tertiary/aromatic N) is 2. The molecule has 2 unspecified atom stereocenters. The van der Waals surface area contributed by atoms with Gasteiger partial charge in [-0.2, -0.15) is 26.3 Å². The fourth-order valence-electron chi connectivity index (χ4n) is 5.26. The van der Waals surface area contributed by atoms with Crippen molar-refractivity contribution in [2.24, 2.45) is 0 Å². The first-order valence-corrected chi connectivity index (χ1v) is 14.6. The van der Waals surface area contributed by atoms with Crippen LogP contribution in [-0.4, -0.2) is 70.7 Å². The lowest BCUT2D eigenvalue weighted by atomic mass is 10.0. The van der Waals surface area contributed by atoms with Crippen LogP contribution in [0.15, 0.2) is 73.1 Å². The first-order chi connectivity index (χ1) is 21.7. The lowest BCUT2D eigenvalue weighted by Crippen LogP contribution is -2.36. The molecule has 246 valence electrons. The van der Waals surface area contributed by atoms with Crippen molar-refractivity contribution in [3.63, 3.8) is 0 Å². The number of carbonyl (C=O) groups excluding carboxylic acids is 4. The van der Waals surface area contributed by atoms with E-state index in [1.807, 2.05) is 24.3 Å². The molecule has 8 nitrogen and oxygen atoms in total. The first kappa shape index (κ1) is 34.3. The fourth-order valence-corrected chi connectivity index (χ4v) is 5.26. The number of hydrogen-bond acceptors (Lipinski definition) is 6. The van der Waals surface area contributed by atoms with Crippen molar-refractivity contribution in [1.82, 2.24) is 9.80 Å². The molecule has 4 rings (SSSR count). The Bertz CT molecular complexity index is 1360. The van der Waals surface area contributed by atoms with E-state index in [1.54, 1.807) is 24.3 Å². The largest absolute Gasteiger partial charge is 0.454 e. The van der Waals surface area contributed by atoms with Gasteiger partial charge in [0.1, 0.15) is 12.1 Å². The van der Waals surface area contributed by atoms with Gasteiger partial charge in [-0.3, -0.25) is 19.2 Å². The summed E-state index contributed by atoms with van der Waals surface area (Å²) < 4.78 is 74.9. The zero-order valence-corrected chi connectivity index (χ0v) is 24.5. The summed E-state index contributed by atoms with van der Waals surface area (Å²) in [5.41, 5.74) is 3.04. The van der Waals surface area contributed by atoms with Crippen LogP contribution in [0.25, 0.3) is 0 Å². The van der Waals surface area contributed by atoms with E-state index in [9.17, 15) is 45.5 Å². The number of carbonyl (C=O) groups is 4. The summed E-state index contributed by atoms with van der Waals surface area (Å²) in [6.45, 7) is 0.723. The van der Waals surface area contributed by atoms with Crippen LogP contribution in [0.3, 0.4) is 0 Å². The molecule has 2 aliphatic rings. The number of ketones is 2. The van der Waals surface area contributed by atoms with E-state index in [-0.39, 0.29) is 11.8 Å². The van der Waals surface area contributed by atoms with Gasteiger partial charge in [0.2, 0.25) is 11.8 Å². The second-order valence-electron chi connectivity index (χ2n) is 11.0. The third kappa shape index (κ3) is 9.44. The van der Waals surface area contributed by atoms with Crippen LogP contribution in [0.1, 0.15) is 36.8 Å². The number of aryl methyl sites for hydroxylation is 2.